The number of nitrogens with one attached hydrogen (secondary N) is 1. The Kier molecular flexibility index (Phi) is 4.33. The molecule has 0 unspecified atom stereocenters. The monoisotopic (exact) mass is 308 g/mol. The van der Waals surface area contributed by atoms with Gasteiger partial charge in [0, 0.05) is 18.0 Å². The lowest BCUT2D eigenvalue weighted by molar-refractivity contribution is 0.0769. The number of aryl methyl sites for hydroxylation is 1. The van der Waals surface area contributed by atoms with Gasteiger partial charge in [-0.15, -0.1) is 0 Å². The topological polar surface area (TPSA) is 45.3 Å². The molecule has 1 aromatic heterocycles. The van der Waals surface area contributed by atoms with Crippen LogP contribution in [0.3, 0.4) is 0 Å². The van der Waals surface area contributed by atoms with Gasteiger partial charge in [-0.1, -0.05) is 30.3 Å². The number of hydrogen-bond donors (Lipinski definition) is 1. The molecule has 1 heterocycles. The Morgan fingerprint density at radius 1 is 1.13 bits per heavy atom. The van der Waals surface area contributed by atoms with E-state index in [0.717, 1.165) is 16.7 Å². The molecule has 1 amide bonds. The lowest BCUT2D eigenvalue weighted by atomic mass is 10.2. The van der Waals surface area contributed by atoms with E-state index in [4.69, 9.17) is 4.74 Å². The smallest absolute Gasteiger partial charge is 0.270 e. The standard InChI is InChI=1S/C19H20N2O2/c1-14-8-9-15-13-18(20-17(15)12-14)19(22)21(2)10-11-23-16-6-4-3-5-7-16/h3-9,12-13,20H,10-11H2,1-2H3. The number of amides is 1. The Balaban J connectivity index is 1.62. The van der Waals surface area contributed by atoms with Gasteiger partial charge in [-0.3, -0.25) is 4.79 Å². The summed E-state index contributed by atoms with van der Waals surface area (Å²) in [5, 5.41) is 1.05. The molecule has 0 atom stereocenters. The van der Waals surface area contributed by atoms with Crippen molar-refractivity contribution in [3.05, 3.63) is 65.9 Å². The van der Waals surface area contributed by atoms with Gasteiger partial charge in [-0.2, -0.15) is 0 Å². The van der Waals surface area contributed by atoms with Crippen LogP contribution in [-0.4, -0.2) is 36.0 Å². The van der Waals surface area contributed by atoms with Crippen LogP contribution in [0.1, 0.15) is 16.1 Å². The highest BCUT2D eigenvalue weighted by Gasteiger charge is 2.14. The minimum Gasteiger partial charge on any atom is -0.492 e. The summed E-state index contributed by atoms with van der Waals surface area (Å²) in [6.45, 7) is 3.03. The molecule has 118 valence electrons. The number of benzene rings is 2. The molecule has 3 aromatic rings. The van der Waals surface area contributed by atoms with Gasteiger partial charge in [0.05, 0.1) is 6.54 Å². The summed E-state index contributed by atoms with van der Waals surface area (Å²) in [5.41, 5.74) is 2.76. The number of carbonyl (C=O) groups excluding carboxylic acids is 1. The van der Waals surface area contributed by atoms with Gasteiger partial charge in [0.2, 0.25) is 0 Å². The molecule has 0 spiro atoms. The molecule has 0 saturated carbocycles. The summed E-state index contributed by atoms with van der Waals surface area (Å²) in [6.07, 6.45) is 0. The number of para-hydroxylation sites is 1. The second-order valence-corrected chi connectivity index (χ2v) is 5.66. The van der Waals surface area contributed by atoms with Crippen molar-refractivity contribution in [2.75, 3.05) is 20.2 Å². The molecule has 0 radical (unpaired) electrons. The highest BCUT2D eigenvalue weighted by molar-refractivity contribution is 5.98. The van der Waals surface area contributed by atoms with E-state index >= 15 is 0 Å². The van der Waals surface area contributed by atoms with Gasteiger partial charge < -0.3 is 14.6 Å². The normalized spacial score (nSPS) is 10.7. The quantitative estimate of drug-likeness (QED) is 0.782. The highest BCUT2D eigenvalue weighted by atomic mass is 16.5. The number of aromatic amines is 1. The Bertz CT molecular complexity index is 809. The summed E-state index contributed by atoms with van der Waals surface area (Å²) in [4.78, 5) is 17.3. The molecule has 0 aliphatic heterocycles. The summed E-state index contributed by atoms with van der Waals surface area (Å²) < 4.78 is 5.63. The van der Waals surface area contributed by atoms with Gasteiger partial charge >= 0.3 is 0 Å². The van der Waals surface area contributed by atoms with Crippen LogP contribution in [0.15, 0.2) is 54.6 Å². The number of hydrogen-bond acceptors (Lipinski definition) is 2. The zero-order valence-corrected chi connectivity index (χ0v) is 13.4. The molecule has 0 aliphatic rings. The molecular weight excluding hydrogens is 288 g/mol. The first kappa shape index (κ1) is 15.2. The van der Waals surface area contributed by atoms with Crippen LogP contribution >= 0.6 is 0 Å². The number of likely N-dealkylation sites (N-methyl/N-ethyl adjacent to an activating group) is 1. The van der Waals surface area contributed by atoms with Gasteiger partial charge in [0.15, 0.2) is 0 Å². The van der Waals surface area contributed by atoms with E-state index in [1.807, 2.05) is 61.5 Å². The van der Waals surface area contributed by atoms with Crippen molar-refractivity contribution in [1.82, 2.24) is 9.88 Å². The van der Waals surface area contributed by atoms with Crippen LogP contribution < -0.4 is 4.74 Å². The van der Waals surface area contributed by atoms with E-state index in [0.29, 0.717) is 18.8 Å². The zero-order chi connectivity index (χ0) is 16.2. The Morgan fingerprint density at radius 3 is 2.70 bits per heavy atom. The fourth-order valence-electron chi connectivity index (χ4n) is 2.48. The van der Waals surface area contributed by atoms with Gasteiger partial charge in [-0.05, 0) is 36.8 Å². The van der Waals surface area contributed by atoms with E-state index in [1.54, 1.807) is 11.9 Å². The summed E-state index contributed by atoms with van der Waals surface area (Å²) in [6, 6.07) is 17.6. The molecule has 23 heavy (non-hydrogen) atoms. The lowest BCUT2D eigenvalue weighted by Crippen LogP contribution is -2.31. The number of nitrogens with zero attached hydrogens (tertiary/aromatic N) is 1. The first-order valence-electron chi connectivity index (χ1n) is 7.66. The van der Waals surface area contributed by atoms with Crippen LogP contribution in [0.5, 0.6) is 5.75 Å². The number of rotatable bonds is 5. The van der Waals surface area contributed by atoms with Gasteiger partial charge in [0.1, 0.15) is 18.1 Å². The molecule has 0 bridgehead atoms. The first-order valence-corrected chi connectivity index (χ1v) is 7.66. The van der Waals surface area contributed by atoms with E-state index < -0.39 is 0 Å². The maximum absolute atomic E-state index is 12.5. The second-order valence-electron chi connectivity index (χ2n) is 5.66. The predicted octanol–water partition coefficient (Wildman–Crippen LogP) is 3.63. The van der Waals surface area contributed by atoms with Crippen molar-refractivity contribution in [3.63, 3.8) is 0 Å². The predicted molar refractivity (Wildman–Crippen MR) is 91.9 cm³/mol. The van der Waals surface area contributed by atoms with Crippen LogP contribution in [0.4, 0.5) is 0 Å². The van der Waals surface area contributed by atoms with Crippen LogP contribution in [0.2, 0.25) is 0 Å². The van der Waals surface area contributed by atoms with E-state index in [9.17, 15) is 4.79 Å². The van der Waals surface area contributed by atoms with E-state index in [2.05, 4.69) is 4.98 Å². The molecule has 0 fully saturated rings. The molecule has 4 nitrogen and oxygen atoms in total. The molecule has 1 N–H and O–H groups in total. The lowest BCUT2D eigenvalue weighted by Gasteiger charge is -2.16. The van der Waals surface area contributed by atoms with E-state index in [1.165, 1.54) is 5.56 Å². The Morgan fingerprint density at radius 2 is 1.91 bits per heavy atom. The average molecular weight is 308 g/mol. The number of H-pyrrole nitrogens is 1. The maximum atomic E-state index is 12.5. The largest absolute Gasteiger partial charge is 0.492 e. The zero-order valence-electron chi connectivity index (χ0n) is 13.4. The molecule has 0 saturated heterocycles. The van der Waals surface area contributed by atoms with Crippen molar-refractivity contribution in [2.24, 2.45) is 0 Å². The third-order valence-corrected chi connectivity index (χ3v) is 3.79. The summed E-state index contributed by atoms with van der Waals surface area (Å²) in [5.74, 6) is 0.782. The molecule has 3 rings (SSSR count). The first-order chi connectivity index (χ1) is 11.1. The minimum absolute atomic E-state index is 0.0319. The molecular formula is C19H20N2O2. The number of aromatic nitrogens is 1. The van der Waals surface area contributed by atoms with Crippen molar-refractivity contribution < 1.29 is 9.53 Å². The Hall–Kier alpha value is -2.75. The third-order valence-electron chi connectivity index (χ3n) is 3.79. The highest BCUT2D eigenvalue weighted by Crippen LogP contribution is 2.17. The summed E-state index contributed by atoms with van der Waals surface area (Å²) >= 11 is 0. The second kappa shape index (κ2) is 6.57. The Labute approximate surface area is 135 Å². The van der Waals surface area contributed by atoms with Crippen LogP contribution in [0.25, 0.3) is 10.9 Å². The third kappa shape index (κ3) is 3.54. The maximum Gasteiger partial charge on any atom is 0.270 e. The molecule has 2 aromatic carbocycles. The summed E-state index contributed by atoms with van der Waals surface area (Å²) in [7, 11) is 1.79. The van der Waals surface area contributed by atoms with Crippen LogP contribution in [-0.2, 0) is 0 Å². The number of fused-ring (bicyclic) bond motifs is 1. The average Bonchev–Trinajstić information content (AvgIpc) is 2.98. The fraction of sp³-hybridized carbons (Fsp3) is 0.211. The number of ether oxygens (including phenoxy) is 1. The van der Waals surface area contributed by atoms with Crippen molar-refractivity contribution in [1.29, 1.82) is 0 Å². The van der Waals surface area contributed by atoms with E-state index in [-0.39, 0.29) is 5.91 Å². The van der Waals surface area contributed by atoms with Crippen molar-refractivity contribution in [3.8, 4) is 5.75 Å². The fourth-order valence-corrected chi connectivity index (χ4v) is 2.48. The SMILES string of the molecule is Cc1ccc2cc(C(=O)N(C)CCOc3ccccc3)[nH]c2c1. The van der Waals surface area contributed by atoms with Gasteiger partial charge in [-0.25, -0.2) is 0 Å². The minimum atomic E-state index is -0.0319. The van der Waals surface area contributed by atoms with Crippen LogP contribution in [0, 0.1) is 6.92 Å². The number of carbonyl (C=O) groups is 1. The molecule has 4 heteroatoms. The molecule has 0 aliphatic carbocycles. The van der Waals surface area contributed by atoms with Crippen molar-refractivity contribution in [2.45, 2.75) is 6.92 Å². The van der Waals surface area contributed by atoms with Crippen molar-refractivity contribution >= 4 is 16.8 Å². The van der Waals surface area contributed by atoms with Gasteiger partial charge in [0.25, 0.3) is 5.91 Å².